The Balaban J connectivity index is 1.64. The molecule has 1 saturated carbocycles. The Hall–Kier alpha value is -1.86. The maximum Gasteiger partial charge on any atom is 0.243 e. The highest BCUT2D eigenvalue weighted by Crippen LogP contribution is 2.50. The lowest BCUT2D eigenvalue weighted by Gasteiger charge is -2.21. The lowest BCUT2D eigenvalue weighted by atomic mass is 9.96. The number of guanidine groups is 1. The minimum atomic E-state index is -0.333. The fraction of sp³-hybridized carbons (Fsp3) is 0.600. The number of rotatable bonds is 7. The van der Waals surface area contributed by atoms with E-state index in [1.165, 1.54) is 17.0 Å². The average molecular weight is 411 g/mol. The number of amides is 1. The molecule has 0 aromatic heterocycles. The number of benzene rings is 1. The summed E-state index contributed by atoms with van der Waals surface area (Å²) in [7, 11) is 3.42. The van der Waals surface area contributed by atoms with Gasteiger partial charge in [0.05, 0.1) is 6.10 Å². The fourth-order valence-electron chi connectivity index (χ4n) is 3.34. The van der Waals surface area contributed by atoms with Crippen LogP contribution in [-0.4, -0.2) is 63.2 Å². The van der Waals surface area contributed by atoms with Gasteiger partial charge in [-0.25, -0.2) is 9.38 Å². The van der Waals surface area contributed by atoms with Gasteiger partial charge in [0, 0.05) is 44.2 Å². The van der Waals surface area contributed by atoms with Gasteiger partial charge in [0.25, 0.3) is 0 Å². The predicted molar refractivity (Wildman–Crippen MR) is 108 cm³/mol. The highest BCUT2D eigenvalue weighted by atomic mass is 35.5. The molecule has 1 saturated heterocycles. The van der Waals surface area contributed by atoms with Crippen LogP contribution in [-0.2, 0) is 14.9 Å². The van der Waals surface area contributed by atoms with Crippen molar-refractivity contribution in [3.05, 3.63) is 34.6 Å². The monoisotopic (exact) mass is 410 g/mol. The second-order valence-electron chi connectivity index (χ2n) is 7.73. The average Bonchev–Trinajstić information content (AvgIpc) is 3.24. The van der Waals surface area contributed by atoms with Crippen molar-refractivity contribution in [2.45, 2.75) is 37.2 Å². The molecule has 1 aliphatic carbocycles. The van der Waals surface area contributed by atoms with Gasteiger partial charge in [-0.15, -0.1) is 0 Å². The van der Waals surface area contributed by atoms with Gasteiger partial charge in [0.2, 0.25) is 5.91 Å². The van der Waals surface area contributed by atoms with Crippen molar-refractivity contribution in [1.82, 2.24) is 15.5 Å². The molecule has 154 valence electrons. The standard InChI is InChI=1S/C20H28ClFN4O2/c1-26(2)18(27)12-24-19(23-11-15-4-3-9-28-15)25-13-20(7-8-20)16-6-5-14(22)10-17(16)21/h5-6,10,15H,3-4,7-9,11-13H2,1-2H3,(H2,23,24,25). The first kappa shape index (κ1) is 20.9. The van der Waals surface area contributed by atoms with Crippen LogP contribution < -0.4 is 10.6 Å². The second-order valence-corrected chi connectivity index (χ2v) is 8.13. The number of hydrogen-bond donors (Lipinski definition) is 2. The highest BCUT2D eigenvalue weighted by molar-refractivity contribution is 6.31. The summed E-state index contributed by atoms with van der Waals surface area (Å²) in [5, 5.41) is 7.07. The van der Waals surface area contributed by atoms with E-state index in [2.05, 4.69) is 15.6 Å². The van der Waals surface area contributed by atoms with E-state index in [1.54, 1.807) is 20.2 Å². The molecule has 6 nitrogen and oxygen atoms in total. The number of halogens is 2. The van der Waals surface area contributed by atoms with Crippen LogP contribution in [0.1, 0.15) is 31.2 Å². The van der Waals surface area contributed by atoms with Gasteiger partial charge in [-0.1, -0.05) is 17.7 Å². The van der Waals surface area contributed by atoms with E-state index in [0.717, 1.165) is 37.9 Å². The van der Waals surface area contributed by atoms with Crippen molar-refractivity contribution >= 4 is 23.5 Å². The first-order valence-corrected chi connectivity index (χ1v) is 10.1. The number of ether oxygens (including phenoxy) is 1. The number of nitrogens with zero attached hydrogens (tertiary/aromatic N) is 2. The topological polar surface area (TPSA) is 66.0 Å². The molecule has 1 heterocycles. The zero-order valence-electron chi connectivity index (χ0n) is 16.4. The second kappa shape index (κ2) is 9.09. The summed E-state index contributed by atoms with van der Waals surface area (Å²) in [5.41, 5.74) is 0.828. The largest absolute Gasteiger partial charge is 0.376 e. The number of likely N-dealkylation sites (N-methyl/N-ethyl adjacent to an activating group) is 1. The third kappa shape index (κ3) is 5.35. The zero-order chi connectivity index (χ0) is 20.1. The van der Waals surface area contributed by atoms with Gasteiger partial charge in [-0.2, -0.15) is 0 Å². The van der Waals surface area contributed by atoms with E-state index in [4.69, 9.17) is 16.3 Å². The summed E-state index contributed by atoms with van der Waals surface area (Å²) in [6.07, 6.45) is 4.20. The van der Waals surface area contributed by atoms with Crippen molar-refractivity contribution in [2.24, 2.45) is 4.99 Å². The third-order valence-electron chi connectivity index (χ3n) is 5.34. The third-order valence-corrected chi connectivity index (χ3v) is 5.66. The number of nitrogens with one attached hydrogen (secondary N) is 2. The summed E-state index contributed by atoms with van der Waals surface area (Å²) < 4.78 is 19.0. The van der Waals surface area contributed by atoms with Crippen molar-refractivity contribution in [2.75, 3.05) is 40.3 Å². The molecule has 1 aliphatic heterocycles. The van der Waals surface area contributed by atoms with E-state index in [0.29, 0.717) is 24.1 Å². The van der Waals surface area contributed by atoms with Gasteiger partial charge in [0.15, 0.2) is 5.96 Å². The highest BCUT2D eigenvalue weighted by Gasteiger charge is 2.45. The normalized spacial score (nSPS) is 20.7. The zero-order valence-corrected chi connectivity index (χ0v) is 17.2. The van der Waals surface area contributed by atoms with Crippen LogP contribution in [0.3, 0.4) is 0 Å². The minimum Gasteiger partial charge on any atom is -0.376 e. The molecule has 1 atom stereocenters. The Morgan fingerprint density at radius 3 is 2.79 bits per heavy atom. The Bertz CT molecular complexity index is 731. The molecule has 1 aromatic rings. The lowest BCUT2D eigenvalue weighted by Crippen LogP contribution is -2.44. The maximum absolute atomic E-state index is 13.4. The van der Waals surface area contributed by atoms with Crippen molar-refractivity contribution < 1.29 is 13.9 Å². The first-order chi connectivity index (χ1) is 13.4. The molecule has 2 aliphatic rings. The quantitative estimate of drug-likeness (QED) is 0.534. The lowest BCUT2D eigenvalue weighted by molar-refractivity contribution is -0.127. The van der Waals surface area contributed by atoms with Crippen LogP contribution in [0.5, 0.6) is 0 Å². The van der Waals surface area contributed by atoms with Crippen LogP contribution >= 0.6 is 11.6 Å². The van der Waals surface area contributed by atoms with E-state index in [9.17, 15) is 9.18 Å². The van der Waals surface area contributed by atoms with Crippen molar-refractivity contribution in [3.63, 3.8) is 0 Å². The van der Waals surface area contributed by atoms with Gasteiger partial charge in [-0.05, 0) is 43.4 Å². The molecule has 1 unspecified atom stereocenters. The molecule has 0 spiro atoms. The van der Waals surface area contributed by atoms with Crippen LogP contribution in [0.15, 0.2) is 23.2 Å². The molecule has 28 heavy (non-hydrogen) atoms. The van der Waals surface area contributed by atoms with Gasteiger partial charge >= 0.3 is 0 Å². The summed E-state index contributed by atoms with van der Waals surface area (Å²) >= 11 is 6.27. The van der Waals surface area contributed by atoms with E-state index < -0.39 is 0 Å². The predicted octanol–water partition coefficient (Wildman–Crippen LogP) is 2.31. The summed E-state index contributed by atoms with van der Waals surface area (Å²) in [6.45, 7) is 2.12. The molecule has 0 bridgehead atoms. The summed E-state index contributed by atoms with van der Waals surface area (Å²) in [5.74, 6) is 0.177. The Morgan fingerprint density at radius 2 is 2.18 bits per heavy atom. The van der Waals surface area contributed by atoms with E-state index in [1.807, 2.05) is 0 Å². The Kier molecular flexibility index (Phi) is 6.78. The number of hydrogen-bond acceptors (Lipinski definition) is 3. The molecule has 0 radical (unpaired) electrons. The molecule has 2 N–H and O–H groups in total. The molecule has 3 rings (SSSR count). The van der Waals surface area contributed by atoms with Crippen LogP contribution in [0.2, 0.25) is 5.02 Å². The fourth-order valence-corrected chi connectivity index (χ4v) is 3.71. The maximum atomic E-state index is 13.4. The van der Waals surface area contributed by atoms with Crippen LogP contribution in [0, 0.1) is 5.82 Å². The number of aliphatic imine (C=N–C) groups is 1. The molecule has 1 aromatic carbocycles. The Labute approximate surface area is 170 Å². The van der Waals surface area contributed by atoms with Gasteiger partial charge in [0.1, 0.15) is 12.4 Å². The van der Waals surface area contributed by atoms with Gasteiger partial charge < -0.3 is 20.3 Å². The van der Waals surface area contributed by atoms with Gasteiger partial charge in [-0.3, -0.25) is 4.79 Å². The Morgan fingerprint density at radius 1 is 1.39 bits per heavy atom. The smallest absolute Gasteiger partial charge is 0.243 e. The minimum absolute atomic E-state index is 0.0676. The SMILES string of the molecule is CN(C)C(=O)CN=C(NCC1CCCO1)NCC1(c2ccc(F)cc2Cl)CC1. The van der Waals surface area contributed by atoms with Crippen LogP contribution in [0.25, 0.3) is 0 Å². The summed E-state index contributed by atoms with van der Waals surface area (Å²) in [4.78, 5) is 17.8. The van der Waals surface area contributed by atoms with E-state index in [-0.39, 0.29) is 29.8 Å². The van der Waals surface area contributed by atoms with Crippen LogP contribution in [0.4, 0.5) is 4.39 Å². The molecule has 8 heteroatoms. The number of carbonyl (C=O) groups is 1. The first-order valence-electron chi connectivity index (χ1n) is 9.69. The summed E-state index contributed by atoms with van der Waals surface area (Å²) in [6, 6.07) is 4.57. The molecule has 2 fully saturated rings. The van der Waals surface area contributed by atoms with E-state index >= 15 is 0 Å². The van der Waals surface area contributed by atoms with Crippen molar-refractivity contribution in [1.29, 1.82) is 0 Å². The van der Waals surface area contributed by atoms with Crippen molar-refractivity contribution in [3.8, 4) is 0 Å². The molecular formula is C20H28ClFN4O2. The molecule has 1 amide bonds. The number of carbonyl (C=O) groups excluding carboxylic acids is 1. The molecular weight excluding hydrogens is 383 g/mol.